The van der Waals surface area contributed by atoms with Crippen molar-refractivity contribution in [1.29, 1.82) is 0 Å². The van der Waals surface area contributed by atoms with Gasteiger partial charge in [-0.15, -0.1) is 0 Å². The lowest BCUT2D eigenvalue weighted by Crippen LogP contribution is -2.35. The lowest BCUT2D eigenvalue weighted by Gasteiger charge is -2.19. The summed E-state index contributed by atoms with van der Waals surface area (Å²) in [5, 5.41) is 38.3. The van der Waals surface area contributed by atoms with Crippen molar-refractivity contribution >= 4 is 28.7 Å². The van der Waals surface area contributed by atoms with Crippen LogP contribution in [0, 0.1) is 20.2 Å². The Labute approximate surface area is 174 Å². The lowest BCUT2D eigenvalue weighted by atomic mass is 10.1. The van der Waals surface area contributed by atoms with Crippen LogP contribution in [0.5, 0.6) is 5.75 Å². The molecule has 0 saturated heterocycles. The minimum Gasteiger partial charge on any atom is -0.502 e. The van der Waals surface area contributed by atoms with Crippen molar-refractivity contribution in [2.45, 2.75) is 32.7 Å². The zero-order chi connectivity index (χ0) is 23.3. The molecule has 13 heteroatoms. The molecule has 1 aromatic carbocycles. The van der Waals surface area contributed by atoms with E-state index in [1.54, 1.807) is 20.8 Å². The van der Waals surface area contributed by atoms with E-state index in [1.165, 1.54) is 0 Å². The van der Waals surface area contributed by atoms with Gasteiger partial charge in [0.1, 0.15) is 11.4 Å². The van der Waals surface area contributed by atoms with Gasteiger partial charge < -0.3 is 20.3 Å². The fourth-order valence-electron chi connectivity index (χ4n) is 2.22. The molecule has 0 bridgehead atoms. The molecule has 0 aliphatic rings. The average Bonchev–Trinajstić information content (AvgIpc) is 2.67. The van der Waals surface area contributed by atoms with Crippen LogP contribution in [0.3, 0.4) is 0 Å². The second-order valence-electron chi connectivity index (χ2n) is 7.32. The summed E-state index contributed by atoms with van der Waals surface area (Å²) < 4.78 is 5.08. The third-order valence-corrected chi connectivity index (χ3v) is 3.68. The number of nitro benzene ring substituents is 2. The molecule has 0 radical (unpaired) electrons. The summed E-state index contributed by atoms with van der Waals surface area (Å²) in [6.07, 6.45) is 0.614. The summed E-state index contributed by atoms with van der Waals surface area (Å²) in [4.78, 5) is 44.9. The maximum absolute atomic E-state index is 12.8. The standard InChI is InChI=1S/C18H19N5O8/c1-18(2,3)21-20-12(9-15-16(25)14(24)6-7-31-15)17(26)19-11-5-4-10(22(27)28)8-13(11)23(29)30/h4-8,21,25H,9H2,1-3H3,(H,19,26). The highest BCUT2D eigenvalue weighted by molar-refractivity contribution is 6.43. The van der Waals surface area contributed by atoms with Crippen LogP contribution >= 0.6 is 0 Å². The van der Waals surface area contributed by atoms with E-state index in [-0.39, 0.29) is 17.2 Å². The van der Waals surface area contributed by atoms with E-state index in [0.717, 1.165) is 24.5 Å². The number of anilines is 1. The molecule has 1 amide bonds. The van der Waals surface area contributed by atoms with Gasteiger partial charge in [0.05, 0.1) is 28.6 Å². The van der Waals surface area contributed by atoms with E-state index in [2.05, 4.69) is 15.8 Å². The molecule has 31 heavy (non-hydrogen) atoms. The van der Waals surface area contributed by atoms with Crippen molar-refractivity contribution in [3.05, 3.63) is 66.7 Å². The third-order valence-electron chi connectivity index (χ3n) is 3.68. The third kappa shape index (κ3) is 6.09. The number of carbonyl (C=O) groups is 1. The SMILES string of the molecule is CC(C)(C)NN=C(Cc1occc(=O)c1O)C(=O)Nc1ccc([N+](=O)[O-])cc1[N+](=O)[O-]. The number of benzene rings is 1. The van der Waals surface area contributed by atoms with Crippen LogP contribution in [0.15, 0.2) is 44.8 Å². The highest BCUT2D eigenvalue weighted by Gasteiger charge is 2.24. The van der Waals surface area contributed by atoms with E-state index in [1.807, 2.05) is 0 Å². The van der Waals surface area contributed by atoms with Crippen LogP contribution in [-0.2, 0) is 11.2 Å². The van der Waals surface area contributed by atoms with Gasteiger partial charge in [0.25, 0.3) is 17.3 Å². The largest absolute Gasteiger partial charge is 0.502 e. The van der Waals surface area contributed by atoms with Crippen LogP contribution < -0.4 is 16.2 Å². The van der Waals surface area contributed by atoms with Gasteiger partial charge in [-0.2, -0.15) is 5.10 Å². The first kappa shape index (κ1) is 23.0. The summed E-state index contributed by atoms with van der Waals surface area (Å²) in [5.74, 6) is -1.87. The number of carbonyl (C=O) groups excluding carboxylic acids is 1. The van der Waals surface area contributed by atoms with Crippen LogP contribution in [-0.4, -0.2) is 32.1 Å². The quantitative estimate of drug-likeness (QED) is 0.333. The van der Waals surface area contributed by atoms with Gasteiger partial charge in [0.2, 0.25) is 11.2 Å². The van der Waals surface area contributed by atoms with E-state index in [0.29, 0.717) is 6.07 Å². The number of rotatable bonds is 7. The summed E-state index contributed by atoms with van der Waals surface area (Å²) in [5.41, 5.74) is -0.377. The van der Waals surface area contributed by atoms with Gasteiger partial charge in [-0.3, -0.25) is 29.8 Å². The number of aromatic hydroxyl groups is 1. The van der Waals surface area contributed by atoms with E-state index in [9.17, 15) is 34.9 Å². The zero-order valence-corrected chi connectivity index (χ0v) is 16.7. The molecule has 1 heterocycles. The minimum atomic E-state index is -0.917. The highest BCUT2D eigenvalue weighted by Crippen LogP contribution is 2.29. The first-order valence-electron chi connectivity index (χ1n) is 8.76. The van der Waals surface area contributed by atoms with Crippen LogP contribution in [0.1, 0.15) is 26.5 Å². The molecule has 0 spiro atoms. The minimum absolute atomic E-state index is 0.240. The van der Waals surface area contributed by atoms with Gasteiger partial charge in [-0.1, -0.05) is 0 Å². The number of non-ortho nitro benzene ring substituents is 1. The molecule has 0 fully saturated rings. The van der Waals surface area contributed by atoms with Gasteiger partial charge in [-0.05, 0) is 26.8 Å². The Morgan fingerprint density at radius 2 is 1.87 bits per heavy atom. The molecule has 3 N–H and O–H groups in total. The Bertz CT molecular complexity index is 1120. The molecular formula is C18H19N5O8. The monoisotopic (exact) mass is 433 g/mol. The first-order valence-corrected chi connectivity index (χ1v) is 8.76. The first-order chi connectivity index (χ1) is 14.4. The molecule has 0 atom stereocenters. The smallest absolute Gasteiger partial charge is 0.299 e. The van der Waals surface area contributed by atoms with Crippen molar-refractivity contribution in [3.8, 4) is 5.75 Å². The maximum Gasteiger partial charge on any atom is 0.299 e. The van der Waals surface area contributed by atoms with Gasteiger partial charge in [-0.25, -0.2) is 0 Å². The predicted molar refractivity (Wildman–Crippen MR) is 109 cm³/mol. The number of hydrogen-bond acceptors (Lipinski definition) is 10. The van der Waals surface area contributed by atoms with E-state index in [4.69, 9.17) is 4.42 Å². The molecule has 164 valence electrons. The Morgan fingerprint density at radius 1 is 1.19 bits per heavy atom. The van der Waals surface area contributed by atoms with E-state index < -0.39 is 50.3 Å². The fourth-order valence-corrected chi connectivity index (χ4v) is 2.22. The molecule has 2 aromatic rings. The Hall–Kier alpha value is -4.29. The number of nitro groups is 2. The molecule has 0 aliphatic heterocycles. The molecule has 2 rings (SSSR count). The van der Waals surface area contributed by atoms with Crippen LogP contribution in [0.25, 0.3) is 0 Å². The van der Waals surface area contributed by atoms with Gasteiger partial charge >= 0.3 is 0 Å². The van der Waals surface area contributed by atoms with Crippen molar-refractivity contribution in [2.24, 2.45) is 5.10 Å². The van der Waals surface area contributed by atoms with Crippen molar-refractivity contribution in [3.63, 3.8) is 0 Å². The number of amides is 1. The number of nitrogens with zero attached hydrogens (tertiary/aromatic N) is 3. The highest BCUT2D eigenvalue weighted by atomic mass is 16.6. The van der Waals surface area contributed by atoms with Crippen LogP contribution in [0.4, 0.5) is 17.1 Å². The molecule has 0 aliphatic carbocycles. The summed E-state index contributed by atoms with van der Waals surface area (Å²) in [6.45, 7) is 5.27. The molecule has 1 aromatic heterocycles. The second kappa shape index (κ2) is 9.02. The normalized spacial score (nSPS) is 11.6. The Morgan fingerprint density at radius 3 is 2.45 bits per heavy atom. The molecule has 0 unspecified atom stereocenters. The van der Waals surface area contributed by atoms with Crippen molar-refractivity contribution < 1.29 is 24.2 Å². The molecule has 13 nitrogen and oxygen atoms in total. The predicted octanol–water partition coefficient (Wildman–Crippen LogP) is 2.09. The molecular weight excluding hydrogens is 414 g/mol. The fraction of sp³-hybridized carbons (Fsp3) is 0.278. The molecule has 0 saturated carbocycles. The lowest BCUT2D eigenvalue weighted by molar-refractivity contribution is -0.393. The summed E-state index contributed by atoms with van der Waals surface area (Å²) in [7, 11) is 0. The average molecular weight is 433 g/mol. The van der Waals surface area contributed by atoms with E-state index >= 15 is 0 Å². The van der Waals surface area contributed by atoms with Crippen molar-refractivity contribution in [1.82, 2.24) is 5.43 Å². The number of nitrogens with one attached hydrogen (secondary N) is 2. The summed E-state index contributed by atoms with van der Waals surface area (Å²) >= 11 is 0. The van der Waals surface area contributed by atoms with Gasteiger partial charge in [0.15, 0.2) is 5.76 Å². The van der Waals surface area contributed by atoms with Crippen LogP contribution in [0.2, 0.25) is 0 Å². The second-order valence-corrected chi connectivity index (χ2v) is 7.32. The zero-order valence-electron chi connectivity index (χ0n) is 16.7. The topological polar surface area (TPSA) is 190 Å². The van der Waals surface area contributed by atoms with Crippen molar-refractivity contribution in [2.75, 3.05) is 5.32 Å². The Balaban J connectivity index is 2.42. The number of hydrazone groups is 1. The van der Waals surface area contributed by atoms with Gasteiger partial charge in [0, 0.05) is 17.7 Å². The number of hydrogen-bond donors (Lipinski definition) is 3. The Kier molecular flexibility index (Phi) is 6.69. The maximum atomic E-state index is 12.8. The summed E-state index contributed by atoms with van der Waals surface area (Å²) in [6, 6.07) is 3.71.